The molecule has 2 aromatic rings. The van der Waals surface area contributed by atoms with Gasteiger partial charge in [-0.3, -0.25) is 4.79 Å². The van der Waals surface area contributed by atoms with Crippen LogP contribution in [0.25, 0.3) is 0 Å². The molecule has 1 saturated heterocycles. The van der Waals surface area contributed by atoms with Crippen molar-refractivity contribution in [2.24, 2.45) is 0 Å². The van der Waals surface area contributed by atoms with E-state index in [1.54, 1.807) is 0 Å². The second kappa shape index (κ2) is 5.47. The molecule has 0 aromatic carbocycles. The molecule has 0 spiro atoms. The molecule has 1 saturated carbocycles. The summed E-state index contributed by atoms with van der Waals surface area (Å²) in [5, 5.41) is 7.99. The van der Waals surface area contributed by atoms with Crippen LogP contribution >= 0.6 is 0 Å². The molecule has 122 valence electrons. The van der Waals surface area contributed by atoms with Gasteiger partial charge in [0.25, 0.3) is 5.91 Å². The van der Waals surface area contributed by atoms with E-state index in [0.717, 1.165) is 25.1 Å². The van der Waals surface area contributed by atoms with Crippen LogP contribution < -0.4 is 0 Å². The first-order valence-electron chi connectivity index (χ1n) is 8.25. The third-order valence-corrected chi connectivity index (χ3v) is 4.69. The number of hydrogen-bond acceptors (Lipinski definition) is 6. The molecule has 1 amide bonds. The maximum atomic E-state index is 12.8. The Morgan fingerprint density at radius 2 is 2.04 bits per heavy atom. The number of carbonyl (C=O) groups excluding carboxylic acids is 1. The van der Waals surface area contributed by atoms with E-state index < -0.39 is 0 Å². The third kappa shape index (κ3) is 2.54. The largest absolute Gasteiger partial charge is 0.360 e. The zero-order valence-corrected chi connectivity index (χ0v) is 13.4. The predicted molar refractivity (Wildman–Crippen MR) is 80.2 cm³/mol. The quantitative estimate of drug-likeness (QED) is 0.861. The van der Waals surface area contributed by atoms with Gasteiger partial charge in [0.15, 0.2) is 5.82 Å². The fraction of sp³-hybridized carbons (Fsp3) is 0.625. The van der Waals surface area contributed by atoms with Crippen molar-refractivity contribution in [3.8, 4) is 0 Å². The summed E-state index contributed by atoms with van der Waals surface area (Å²) in [6, 6.07) is 0. The van der Waals surface area contributed by atoms with Gasteiger partial charge in [-0.25, -0.2) is 0 Å². The number of carbonyl (C=O) groups is 1. The Balaban J connectivity index is 1.48. The molecule has 1 aliphatic heterocycles. The van der Waals surface area contributed by atoms with E-state index in [-0.39, 0.29) is 11.8 Å². The molecule has 7 nitrogen and oxygen atoms in total. The zero-order valence-electron chi connectivity index (χ0n) is 13.4. The minimum absolute atomic E-state index is 0.00923. The SMILES string of the molecule is CCc1onc(C)c1C(=O)N1CC[C@@H](c2nc(C3CC3)no2)C1. The first-order valence-corrected chi connectivity index (χ1v) is 8.25. The number of amides is 1. The summed E-state index contributed by atoms with van der Waals surface area (Å²) in [6.45, 7) is 5.07. The highest BCUT2D eigenvalue weighted by molar-refractivity contribution is 5.96. The fourth-order valence-electron chi connectivity index (χ4n) is 3.16. The molecule has 0 N–H and O–H groups in total. The van der Waals surface area contributed by atoms with Crippen LogP contribution in [0.1, 0.15) is 71.5 Å². The molecule has 0 unspecified atom stereocenters. The average molecular weight is 316 g/mol. The molecule has 7 heteroatoms. The summed E-state index contributed by atoms with van der Waals surface area (Å²) >= 11 is 0. The summed E-state index contributed by atoms with van der Waals surface area (Å²) in [6.07, 6.45) is 3.82. The van der Waals surface area contributed by atoms with Crippen LogP contribution in [0.4, 0.5) is 0 Å². The van der Waals surface area contributed by atoms with E-state index in [2.05, 4.69) is 15.3 Å². The number of hydrogen-bond donors (Lipinski definition) is 0. The molecular formula is C16H20N4O3. The van der Waals surface area contributed by atoms with Gasteiger partial charge in [-0.2, -0.15) is 4.98 Å². The Morgan fingerprint density at radius 3 is 2.78 bits per heavy atom. The van der Waals surface area contributed by atoms with Gasteiger partial charge in [0.05, 0.1) is 11.6 Å². The number of aryl methyl sites for hydroxylation is 2. The lowest BCUT2D eigenvalue weighted by Crippen LogP contribution is -2.29. The molecule has 1 aliphatic carbocycles. The first-order chi connectivity index (χ1) is 11.2. The Labute approximate surface area is 134 Å². The average Bonchev–Trinajstić information content (AvgIpc) is 3.00. The summed E-state index contributed by atoms with van der Waals surface area (Å²) in [5.74, 6) is 2.75. The normalized spacial score (nSPS) is 21.1. The second-order valence-electron chi connectivity index (χ2n) is 6.42. The van der Waals surface area contributed by atoms with Gasteiger partial charge in [0.2, 0.25) is 5.89 Å². The number of likely N-dealkylation sites (tertiary alicyclic amines) is 1. The van der Waals surface area contributed by atoms with Crippen molar-refractivity contribution in [3.63, 3.8) is 0 Å². The van der Waals surface area contributed by atoms with Gasteiger partial charge in [0.1, 0.15) is 11.3 Å². The smallest absolute Gasteiger partial charge is 0.259 e. The van der Waals surface area contributed by atoms with Gasteiger partial charge in [-0.1, -0.05) is 17.2 Å². The molecular weight excluding hydrogens is 296 g/mol. The van der Waals surface area contributed by atoms with E-state index >= 15 is 0 Å². The molecule has 2 aromatic heterocycles. The highest BCUT2D eigenvalue weighted by Gasteiger charge is 2.35. The highest BCUT2D eigenvalue weighted by atomic mass is 16.5. The first kappa shape index (κ1) is 14.4. The fourth-order valence-corrected chi connectivity index (χ4v) is 3.16. The lowest BCUT2D eigenvalue weighted by Gasteiger charge is -2.15. The van der Waals surface area contributed by atoms with Crippen molar-refractivity contribution in [2.75, 3.05) is 13.1 Å². The van der Waals surface area contributed by atoms with E-state index in [4.69, 9.17) is 9.05 Å². The molecule has 0 radical (unpaired) electrons. The Bertz CT molecular complexity index is 732. The van der Waals surface area contributed by atoms with Crippen molar-refractivity contribution in [1.82, 2.24) is 20.2 Å². The number of aromatic nitrogens is 3. The lowest BCUT2D eigenvalue weighted by atomic mass is 10.1. The van der Waals surface area contributed by atoms with Crippen LogP contribution in [0.3, 0.4) is 0 Å². The Kier molecular flexibility index (Phi) is 3.43. The van der Waals surface area contributed by atoms with Crippen LogP contribution in [-0.2, 0) is 6.42 Å². The molecule has 1 atom stereocenters. The minimum Gasteiger partial charge on any atom is -0.360 e. The molecule has 2 aliphatic rings. The van der Waals surface area contributed by atoms with Crippen molar-refractivity contribution >= 4 is 5.91 Å². The lowest BCUT2D eigenvalue weighted by molar-refractivity contribution is 0.0786. The van der Waals surface area contributed by atoms with Crippen molar-refractivity contribution < 1.29 is 13.8 Å². The monoisotopic (exact) mass is 316 g/mol. The van der Waals surface area contributed by atoms with Crippen LogP contribution in [0.15, 0.2) is 9.05 Å². The summed E-state index contributed by atoms with van der Waals surface area (Å²) in [5.41, 5.74) is 1.27. The van der Waals surface area contributed by atoms with Gasteiger partial charge in [-0.15, -0.1) is 0 Å². The summed E-state index contributed by atoms with van der Waals surface area (Å²) in [4.78, 5) is 19.1. The van der Waals surface area contributed by atoms with Crippen molar-refractivity contribution in [2.45, 2.75) is 51.4 Å². The second-order valence-corrected chi connectivity index (χ2v) is 6.42. The zero-order chi connectivity index (χ0) is 16.0. The molecule has 23 heavy (non-hydrogen) atoms. The van der Waals surface area contributed by atoms with Crippen LogP contribution in [0.5, 0.6) is 0 Å². The number of rotatable bonds is 4. The Hall–Kier alpha value is -2.18. The van der Waals surface area contributed by atoms with Gasteiger partial charge in [-0.05, 0) is 26.2 Å². The van der Waals surface area contributed by atoms with Crippen molar-refractivity contribution in [1.29, 1.82) is 0 Å². The molecule has 3 heterocycles. The number of nitrogens with zero attached hydrogens (tertiary/aromatic N) is 4. The van der Waals surface area contributed by atoms with Crippen molar-refractivity contribution in [3.05, 3.63) is 28.7 Å². The van der Waals surface area contributed by atoms with E-state index in [9.17, 15) is 4.79 Å². The Morgan fingerprint density at radius 1 is 1.22 bits per heavy atom. The third-order valence-electron chi connectivity index (χ3n) is 4.69. The highest BCUT2D eigenvalue weighted by Crippen LogP contribution is 2.39. The van der Waals surface area contributed by atoms with Gasteiger partial charge >= 0.3 is 0 Å². The van der Waals surface area contributed by atoms with E-state index in [1.807, 2.05) is 18.7 Å². The van der Waals surface area contributed by atoms with E-state index in [1.165, 1.54) is 0 Å². The van der Waals surface area contributed by atoms with E-state index in [0.29, 0.717) is 48.3 Å². The molecule has 0 bridgehead atoms. The maximum absolute atomic E-state index is 12.8. The maximum Gasteiger partial charge on any atom is 0.259 e. The van der Waals surface area contributed by atoms with Gasteiger partial charge in [0, 0.05) is 25.4 Å². The van der Waals surface area contributed by atoms with Crippen LogP contribution in [-0.4, -0.2) is 39.2 Å². The van der Waals surface area contributed by atoms with Crippen LogP contribution in [0.2, 0.25) is 0 Å². The minimum atomic E-state index is -0.00923. The molecule has 4 rings (SSSR count). The molecule has 2 fully saturated rings. The standard InChI is InChI=1S/C16H20N4O3/c1-3-12-13(9(2)18-22-12)16(21)20-7-6-11(8-20)15-17-14(19-23-15)10-4-5-10/h10-11H,3-8H2,1-2H3/t11-/m1/s1. The van der Waals surface area contributed by atoms with Gasteiger partial charge < -0.3 is 13.9 Å². The summed E-state index contributed by atoms with van der Waals surface area (Å²) < 4.78 is 10.6. The predicted octanol–water partition coefficient (Wildman–Crippen LogP) is 2.44. The van der Waals surface area contributed by atoms with Crippen LogP contribution in [0, 0.1) is 6.92 Å². The summed E-state index contributed by atoms with van der Waals surface area (Å²) in [7, 11) is 0. The topological polar surface area (TPSA) is 85.3 Å².